The van der Waals surface area contributed by atoms with E-state index in [2.05, 4.69) is 260 Å². The zero-order valence-corrected chi connectivity index (χ0v) is 46.1. The van der Waals surface area contributed by atoms with Gasteiger partial charge in [0.15, 0.2) is 0 Å². The minimum absolute atomic E-state index is 0. The molecule has 366 valence electrons. The van der Waals surface area contributed by atoms with Gasteiger partial charge in [0.05, 0.1) is 17.1 Å². The van der Waals surface area contributed by atoms with Crippen molar-refractivity contribution in [1.82, 2.24) is 15.0 Å². The Kier molecular flexibility index (Phi) is 12.1. The maximum Gasteiger partial charge on any atom is 3.00 e. The van der Waals surface area contributed by atoms with Gasteiger partial charge < -0.3 is 0 Å². The van der Waals surface area contributed by atoms with Crippen molar-refractivity contribution in [3.8, 4) is 67.2 Å². The maximum atomic E-state index is 4.70. The summed E-state index contributed by atoms with van der Waals surface area (Å²) in [5, 5.41) is 7.32. The molecular formula is C72H57IrN3+3. The first-order chi connectivity index (χ1) is 36.5. The first-order valence-corrected chi connectivity index (χ1v) is 26.2. The summed E-state index contributed by atoms with van der Waals surface area (Å²) in [4.78, 5) is 14.1. The molecule has 0 N–H and O–H groups in total. The molecule has 0 radical (unpaired) electrons. The standard InChI is InChI=1S/3C24H19N.Ir/c3*1-24(2)21-10-6-5-9-19(21)20-12-11-17(15-22(20)24)23-18-8-4-3-7-16(18)13-14-25-23;/h3*3-15H,1-2H3;/q;;;+3. The van der Waals surface area contributed by atoms with Crippen molar-refractivity contribution in [3.63, 3.8) is 0 Å². The number of nitrogens with zero attached hydrogens (tertiary/aromatic N) is 3. The Morgan fingerprint density at radius 1 is 0.250 bits per heavy atom. The average molecular weight is 1160 g/mol. The summed E-state index contributed by atoms with van der Waals surface area (Å²) in [6.07, 6.45) is 5.72. The molecule has 3 nitrogen and oxygen atoms in total. The van der Waals surface area contributed by atoms with E-state index < -0.39 is 0 Å². The number of hydrogen-bond acceptors (Lipinski definition) is 3. The Morgan fingerprint density at radius 3 is 0.803 bits per heavy atom. The molecule has 3 aliphatic rings. The molecule has 76 heavy (non-hydrogen) atoms. The molecule has 0 atom stereocenters. The van der Waals surface area contributed by atoms with Crippen LogP contribution in [0.15, 0.2) is 237 Å². The van der Waals surface area contributed by atoms with Gasteiger partial charge in [0.25, 0.3) is 0 Å². The second kappa shape index (κ2) is 18.9. The van der Waals surface area contributed by atoms with Crippen LogP contribution in [0.3, 0.4) is 0 Å². The number of rotatable bonds is 3. The smallest absolute Gasteiger partial charge is 0.256 e. The van der Waals surface area contributed by atoms with Gasteiger partial charge in [-0.3, -0.25) is 15.0 Å². The van der Waals surface area contributed by atoms with Gasteiger partial charge in [-0.2, -0.15) is 0 Å². The van der Waals surface area contributed by atoms with Gasteiger partial charge >= 0.3 is 20.1 Å². The second-order valence-corrected chi connectivity index (χ2v) is 21.9. The molecule has 0 aliphatic heterocycles. The Bertz CT molecular complexity index is 3790. The third-order valence-electron chi connectivity index (χ3n) is 16.6. The van der Waals surface area contributed by atoms with Crippen molar-refractivity contribution in [2.24, 2.45) is 0 Å². The topological polar surface area (TPSA) is 38.7 Å². The van der Waals surface area contributed by atoms with Crippen LogP contribution in [0.5, 0.6) is 0 Å². The van der Waals surface area contributed by atoms with Gasteiger partial charge in [0.2, 0.25) is 0 Å². The monoisotopic (exact) mass is 1160 g/mol. The van der Waals surface area contributed by atoms with Crippen LogP contribution in [0, 0.1) is 0 Å². The number of aromatic nitrogens is 3. The molecule has 9 aromatic carbocycles. The molecule has 0 fully saturated rings. The van der Waals surface area contributed by atoms with Crippen LogP contribution in [-0.4, -0.2) is 15.0 Å². The van der Waals surface area contributed by atoms with Crippen LogP contribution in [0.1, 0.15) is 74.9 Å². The van der Waals surface area contributed by atoms with Gasteiger partial charge in [0, 0.05) is 67.7 Å². The second-order valence-electron chi connectivity index (χ2n) is 21.9. The first kappa shape index (κ1) is 48.8. The maximum absolute atomic E-state index is 4.70. The van der Waals surface area contributed by atoms with Gasteiger partial charge in [-0.05, 0) is 119 Å². The van der Waals surface area contributed by atoms with E-state index in [0.717, 1.165) is 17.1 Å². The summed E-state index contributed by atoms with van der Waals surface area (Å²) >= 11 is 0. The van der Waals surface area contributed by atoms with E-state index in [0.29, 0.717) is 0 Å². The zero-order valence-electron chi connectivity index (χ0n) is 43.7. The molecule has 0 spiro atoms. The van der Waals surface area contributed by atoms with Crippen molar-refractivity contribution in [2.45, 2.75) is 57.8 Å². The predicted octanol–water partition coefficient (Wildman–Crippen LogP) is 18.6. The van der Waals surface area contributed by atoms with E-state index in [9.17, 15) is 0 Å². The molecule has 0 saturated heterocycles. The number of pyridine rings is 3. The molecule has 15 rings (SSSR count). The summed E-state index contributed by atoms with van der Waals surface area (Å²) in [6.45, 7) is 13.9. The van der Waals surface area contributed by atoms with Crippen LogP contribution in [-0.2, 0) is 36.4 Å². The van der Waals surface area contributed by atoms with Crippen molar-refractivity contribution >= 4 is 32.3 Å². The van der Waals surface area contributed by atoms with Crippen LogP contribution < -0.4 is 0 Å². The van der Waals surface area contributed by atoms with Gasteiger partial charge in [-0.25, -0.2) is 0 Å². The van der Waals surface area contributed by atoms with Crippen molar-refractivity contribution < 1.29 is 20.1 Å². The quantitative estimate of drug-likeness (QED) is 0.177. The Morgan fingerprint density at radius 2 is 0.500 bits per heavy atom. The Labute approximate surface area is 459 Å². The fourth-order valence-corrected chi connectivity index (χ4v) is 12.6. The minimum Gasteiger partial charge on any atom is -0.256 e. The van der Waals surface area contributed by atoms with E-state index in [-0.39, 0.29) is 36.4 Å². The van der Waals surface area contributed by atoms with Gasteiger partial charge in [-0.1, -0.05) is 224 Å². The van der Waals surface area contributed by atoms with E-state index in [1.54, 1.807) is 0 Å². The molecule has 12 aromatic rings. The largest absolute Gasteiger partial charge is 3.00 e. The molecule has 0 unspecified atom stereocenters. The zero-order chi connectivity index (χ0) is 51.1. The number of fused-ring (bicyclic) bond motifs is 12. The summed E-state index contributed by atoms with van der Waals surface area (Å²) in [7, 11) is 0. The predicted molar refractivity (Wildman–Crippen MR) is 314 cm³/mol. The van der Waals surface area contributed by atoms with E-state index in [1.807, 2.05) is 18.6 Å². The molecule has 3 aliphatic carbocycles. The Hall–Kier alpha value is -8.14. The molecule has 4 heteroatoms. The molecular weight excluding hydrogens is 1100 g/mol. The van der Waals surface area contributed by atoms with Crippen molar-refractivity contribution in [2.75, 3.05) is 0 Å². The summed E-state index contributed by atoms with van der Waals surface area (Å²) in [5.41, 5.74) is 23.4. The van der Waals surface area contributed by atoms with Crippen LogP contribution in [0.4, 0.5) is 0 Å². The van der Waals surface area contributed by atoms with Gasteiger partial charge in [-0.15, -0.1) is 0 Å². The van der Waals surface area contributed by atoms with Crippen LogP contribution >= 0.6 is 0 Å². The van der Waals surface area contributed by atoms with Gasteiger partial charge in [0.1, 0.15) is 0 Å². The SMILES string of the molecule is CC1(C)c2ccccc2-c2ccc(-c3nccc4ccccc34)cc21.CC1(C)c2ccccc2-c2ccc(-c3nccc4ccccc34)cc21.CC1(C)c2ccccc2-c2ccc(-c3nccc4ccccc34)cc21.[Ir+3]. The third-order valence-corrected chi connectivity index (χ3v) is 16.6. The summed E-state index contributed by atoms with van der Waals surface area (Å²) in [5.74, 6) is 0. The van der Waals surface area contributed by atoms with Crippen molar-refractivity contribution in [3.05, 3.63) is 270 Å². The first-order valence-electron chi connectivity index (χ1n) is 26.2. The normalized spacial score (nSPS) is 14.1. The molecule has 0 bridgehead atoms. The van der Waals surface area contributed by atoms with Crippen molar-refractivity contribution in [1.29, 1.82) is 0 Å². The van der Waals surface area contributed by atoms with E-state index in [1.165, 1.54) is 116 Å². The number of hydrogen-bond donors (Lipinski definition) is 0. The van der Waals surface area contributed by atoms with Crippen LogP contribution in [0.2, 0.25) is 0 Å². The van der Waals surface area contributed by atoms with Crippen LogP contribution in [0.25, 0.3) is 99.5 Å². The molecule has 3 aromatic heterocycles. The molecule has 0 saturated carbocycles. The average Bonchev–Trinajstić information content (AvgIpc) is 4.06. The molecule has 0 amide bonds. The summed E-state index contributed by atoms with van der Waals surface area (Å²) in [6, 6.07) is 78.3. The third kappa shape index (κ3) is 7.93. The summed E-state index contributed by atoms with van der Waals surface area (Å²) < 4.78 is 0. The van der Waals surface area contributed by atoms with E-state index >= 15 is 0 Å². The fraction of sp³-hybridized carbons (Fsp3) is 0.125. The minimum atomic E-state index is 0. The Balaban J connectivity index is 0.000000114. The number of benzene rings is 9. The molecule has 3 heterocycles. The fourth-order valence-electron chi connectivity index (χ4n) is 12.6. The van der Waals surface area contributed by atoms with E-state index in [4.69, 9.17) is 15.0 Å².